The summed E-state index contributed by atoms with van der Waals surface area (Å²) >= 11 is 0. The van der Waals surface area contributed by atoms with Crippen molar-refractivity contribution < 1.29 is 14.3 Å². The van der Waals surface area contributed by atoms with E-state index in [1.54, 1.807) is 12.3 Å². The summed E-state index contributed by atoms with van der Waals surface area (Å²) in [6.07, 6.45) is 3.55. The average molecular weight is 341 g/mol. The number of amides is 1. The first-order valence-corrected chi connectivity index (χ1v) is 8.63. The maximum absolute atomic E-state index is 12.5. The molecule has 1 aliphatic rings. The predicted molar refractivity (Wildman–Crippen MR) is 96.6 cm³/mol. The normalized spacial score (nSPS) is 12.1. The van der Waals surface area contributed by atoms with Gasteiger partial charge in [-0.3, -0.25) is 4.79 Å². The number of aromatic nitrogens is 1. The van der Waals surface area contributed by atoms with Crippen LogP contribution in [-0.2, 0) is 0 Å². The number of benzene rings is 1. The van der Waals surface area contributed by atoms with Crippen LogP contribution in [0.3, 0.4) is 0 Å². The van der Waals surface area contributed by atoms with Gasteiger partial charge < -0.3 is 19.7 Å². The molecule has 1 aromatic heterocycles. The van der Waals surface area contributed by atoms with E-state index in [2.05, 4.69) is 24.1 Å². The third-order valence-corrected chi connectivity index (χ3v) is 3.92. The molecule has 132 valence electrons. The van der Waals surface area contributed by atoms with Gasteiger partial charge in [0.25, 0.3) is 5.91 Å². The van der Waals surface area contributed by atoms with Crippen LogP contribution in [-0.4, -0.2) is 35.7 Å². The largest absolute Gasteiger partial charge is 0.454 e. The number of fused-ring (bicyclic) bond motifs is 1. The second-order valence-corrected chi connectivity index (χ2v) is 5.92. The van der Waals surface area contributed by atoms with Crippen molar-refractivity contribution in [3.05, 3.63) is 42.2 Å². The Morgan fingerprint density at radius 1 is 1.08 bits per heavy atom. The Balaban J connectivity index is 1.68. The molecule has 25 heavy (non-hydrogen) atoms. The number of hydrogen-bond acceptors (Lipinski definition) is 5. The highest BCUT2D eigenvalue weighted by Crippen LogP contribution is 2.35. The summed E-state index contributed by atoms with van der Waals surface area (Å²) in [5.41, 5.74) is 2.16. The van der Waals surface area contributed by atoms with E-state index in [9.17, 15) is 4.79 Å². The second kappa shape index (κ2) is 7.88. The molecule has 0 saturated heterocycles. The number of anilines is 2. The molecule has 3 rings (SSSR count). The Labute approximate surface area is 147 Å². The topological polar surface area (TPSA) is 63.7 Å². The van der Waals surface area contributed by atoms with Gasteiger partial charge in [-0.15, -0.1) is 0 Å². The predicted octanol–water partition coefficient (Wildman–Crippen LogP) is 3.82. The van der Waals surface area contributed by atoms with Crippen LogP contribution in [0.25, 0.3) is 0 Å². The lowest BCUT2D eigenvalue weighted by Gasteiger charge is -2.21. The first-order chi connectivity index (χ1) is 12.2. The lowest BCUT2D eigenvalue weighted by molar-refractivity contribution is 0.0749. The number of carbonyl (C=O) groups is 1. The Kier molecular flexibility index (Phi) is 5.38. The van der Waals surface area contributed by atoms with Crippen molar-refractivity contribution in [3.63, 3.8) is 0 Å². The quantitative estimate of drug-likeness (QED) is 0.829. The monoisotopic (exact) mass is 341 g/mol. The number of nitrogens with zero attached hydrogens (tertiary/aromatic N) is 2. The minimum absolute atomic E-state index is 0.0154. The summed E-state index contributed by atoms with van der Waals surface area (Å²) < 4.78 is 10.7. The second-order valence-electron chi connectivity index (χ2n) is 5.92. The minimum atomic E-state index is -0.0154. The zero-order valence-corrected chi connectivity index (χ0v) is 14.6. The van der Waals surface area contributed by atoms with Crippen LogP contribution < -0.4 is 14.8 Å². The van der Waals surface area contributed by atoms with Crippen molar-refractivity contribution in [1.29, 1.82) is 0 Å². The summed E-state index contributed by atoms with van der Waals surface area (Å²) in [4.78, 5) is 18.7. The first-order valence-electron chi connectivity index (χ1n) is 8.63. The summed E-state index contributed by atoms with van der Waals surface area (Å²) in [5.74, 6) is 1.45. The molecule has 1 aliphatic heterocycles. The van der Waals surface area contributed by atoms with Gasteiger partial charge in [0.1, 0.15) is 5.69 Å². The average Bonchev–Trinajstić information content (AvgIpc) is 3.09. The molecule has 0 bridgehead atoms. The molecule has 0 unspecified atom stereocenters. The maximum atomic E-state index is 12.5. The van der Waals surface area contributed by atoms with E-state index in [1.807, 2.05) is 29.2 Å². The van der Waals surface area contributed by atoms with Crippen molar-refractivity contribution in [2.75, 3.05) is 25.2 Å². The molecular weight excluding hydrogens is 318 g/mol. The molecular formula is C19H23N3O3. The van der Waals surface area contributed by atoms with Crippen molar-refractivity contribution in [2.45, 2.75) is 26.7 Å². The molecule has 6 nitrogen and oxygen atoms in total. The van der Waals surface area contributed by atoms with Gasteiger partial charge in [0.2, 0.25) is 6.79 Å². The van der Waals surface area contributed by atoms with Crippen LogP contribution in [0.4, 0.5) is 11.4 Å². The number of hydrogen-bond donors (Lipinski definition) is 1. The van der Waals surface area contributed by atoms with Gasteiger partial charge in [0.05, 0.1) is 11.9 Å². The van der Waals surface area contributed by atoms with Crippen LogP contribution in [0.2, 0.25) is 0 Å². The Bertz CT molecular complexity index is 725. The maximum Gasteiger partial charge on any atom is 0.272 e. The van der Waals surface area contributed by atoms with Gasteiger partial charge in [-0.1, -0.05) is 13.8 Å². The van der Waals surface area contributed by atoms with E-state index in [0.717, 1.165) is 48.8 Å². The van der Waals surface area contributed by atoms with Crippen LogP contribution >= 0.6 is 0 Å². The van der Waals surface area contributed by atoms with E-state index in [-0.39, 0.29) is 12.7 Å². The number of nitrogens with one attached hydrogen (secondary N) is 1. The fourth-order valence-electron chi connectivity index (χ4n) is 2.75. The zero-order valence-electron chi connectivity index (χ0n) is 14.6. The molecule has 0 radical (unpaired) electrons. The van der Waals surface area contributed by atoms with E-state index < -0.39 is 0 Å². The van der Waals surface area contributed by atoms with E-state index in [1.165, 1.54) is 0 Å². The highest BCUT2D eigenvalue weighted by molar-refractivity contribution is 5.92. The number of ether oxygens (including phenoxy) is 2. The van der Waals surface area contributed by atoms with Gasteiger partial charge in [-0.2, -0.15) is 0 Å². The fourth-order valence-corrected chi connectivity index (χ4v) is 2.75. The molecule has 1 amide bonds. The van der Waals surface area contributed by atoms with E-state index in [4.69, 9.17) is 9.47 Å². The van der Waals surface area contributed by atoms with Gasteiger partial charge in [-0.25, -0.2) is 4.98 Å². The molecule has 0 atom stereocenters. The third-order valence-electron chi connectivity index (χ3n) is 3.92. The number of carbonyl (C=O) groups excluding carboxylic acids is 1. The third kappa shape index (κ3) is 4.02. The van der Waals surface area contributed by atoms with Gasteiger partial charge in [0, 0.05) is 24.8 Å². The molecule has 1 N–H and O–H groups in total. The molecule has 0 spiro atoms. The SMILES string of the molecule is CCCN(CCC)C(=O)c1ccc(Nc2ccc3c(c2)OCO3)cn1. The number of pyridine rings is 1. The summed E-state index contributed by atoms with van der Waals surface area (Å²) in [6, 6.07) is 9.28. The van der Waals surface area contributed by atoms with Crippen LogP contribution in [0.5, 0.6) is 11.5 Å². The van der Waals surface area contributed by atoms with Crippen molar-refractivity contribution in [2.24, 2.45) is 0 Å². The van der Waals surface area contributed by atoms with Crippen molar-refractivity contribution in [3.8, 4) is 11.5 Å². The summed E-state index contributed by atoms with van der Waals surface area (Å²) in [5, 5.41) is 3.26. The molecule has 2 heterocycles. The zero-order chi connectivity index (χ0) is 17.6. The van der Waals surface area contributed by atoms with Crippen LogP contribution in [0.1, 0.15) is 37.2 Å². The molecule has 1 aromatic carbocycles. The Hall–Kier alpha value is -2.76. The van der Waals surface area contributed by atoms with Gasteiger partial charge in [0.15, 0.2) is 11.5 Å². The Morgan fingerprint density at radius 3 is 2.48 bits per heavy atom. The Morgan fingerprint density at radius 2 is 1.80 bits per heavy atom. The summed E-state index contributed by atoms with van der Waals surface area (Å²) in [6.45, 7) is 5.91. The molecule has 2 aromatic rings. The molecule has 0 aliphatic carbocycles. The van der Waals surface area contributed by atoms with Crippen molar-refractivity contribution in [1.82, 2.24) is 9.88 Å². The summed E-state index contributed by atoms with van der Waals surface area (Å²) in [7, 11) is 0. The van der Waals surface area contributed by atoms with Crippen LogP contribution in [0.15, 0.2) is 36.5 Å². The first kappa shape index (κ1) is 17.1. The molecule has 0 fully saturated rings. The minimum Gasteiger partial charge on any atom is -0.454 e. The highest BCUT2D eigenvalue weighted by atomic mass is 16.7. The fraction of sp³-hybridized carbons (Fsp3) is 0.368. The molecule has 6 heteroatoms. The smallest absolute Gasteiger partial charge is 0.272 e. The van der Waals surface area contributed by atoms with Crippen molar-refractivity contribution >= 4 is 17.3 Å². The van der Waals surface area contributed by atoms with Gasteiger partial charge in [-0.05, 0) is 37.1 Å². The molecule has 0 saturated carbocycles. The van der Waals surface area contributed by atoms with Gasteiger partial charge >= 0.3 is 0 Å². The van der Waals surface area contributed by atoms with Crippen LogP contribution in [0, 0.1) is 0 Å². The van der Waals surface area contributed by atoms with E-state index >= 15 is 0 Å². The lowest BCUT2D eigenvalue weighted by Crippen LogP contribution is -2.33. The highest BCUT2D eigenvalue weighted by Gasteiger charge is 2.16. The standard InChI is InChI=1S/C19H23N3O3/c1-3-9-22(10-4-2)19(23)16-7-5-15(12-20-16)21-14-6-8-17-18(11-14)25-13-24-17/h5-8,11-12,21H,3-4,9-10,13H2,1-2H3. The van der Waals surface area contributed by atoms with E-state index in [0.29, 0.717) is 5.69 Å². The number of rotatable bonds is 7. The lowest BCUT2D eigenvalue weighted by atomic mass is 10.2.